The van der Waals surface area contributed by atoms with Crippen LogP contribution in [0.4, 0.5) is 5.82 Å². The van der Waals surface area contributed by atoms with Crippen LogP contribution < -0.4 is 5.32 Å². The zero-order chi connectivity index (χ0) is 18.3. The molecule has 1 saturated heterocycles. The number of nitrogens with one attached hydrogen (secondary N) is 1. The van der Waals surface area contributed by atoms with Crippen molar-refractivity contribution in [3.05, 3.63) is 30.0 Å². The molecule has 1 amide bonds. The Morgan fingerprint density at radius 3 is 3.00 bits per heavy atom. The number of aromatic nitrogens is 3. The minimum Gasteiger partial charge on any atom is -0.360 e. The third kappa shape index (κ3) is 2.87. The largest absolute Gasteiger partial charge is 0.360 e. The van der Waals surface area contributed by atoms with Crippen LogP contribution in [0.1, 0.15) is 18.6 Å². The SMILES string of the molecule is Cc1cc(NC(=O)C2CCCN2S(=O)(=O)c2cccc3nsnc23)no1. The maximum atomic E-state index is 13.2. The fourth-order valence-corrected chi connectivity index (χ4v) is 5.45. The number of carbonyl (C=O) groups excluding carboxylic acids is 1. The second-order valence-electron chi connectivity index (χ2n) is 5.97. The average molecular weight is 393 g/mol. The van der Waals surface area contributed by atoms with Gasteiger partial charge in [-0.3, -0.25) is 4.79 Å². The third-order valence-electron chi connectivity index (χ3n) is 4.22. The van der Waals surface area contributed by atoms with Crippen molar-refractivity contribution in [2.75, 3.05) is 11.9 Å². The van der Waals surface area contributed by atoms with Gasteiger partial charge in [0.1, 0.15) is 27.7 Å². The summed E-state index contributed by atoms with van der Waals surface area (Å²) >= 11 is 0.956. The van der Waals surface area contributed by atoms with Gasteiger partial charge in [0.2, 0.25) is 15.9 Å². The Bertz CT molecular complexity index is 1070. The lowest BCUT2D eigenvalue weighted by Gasteiger charge is -2.23. The lowest BCUT2D eigenvalue weighted by molar-refractivity contribution is -0.119. The number of benzene rings is 1. The standard InChI is InChI=1S/C15H15N5O4S2/c1-9-8-13(17-24-9)16-15(21)11-5-3-7-20(11)26(22,23)12-6-2-4-10-14(12)19-25-18-10/h2,4,6,8,11H,3,5,7H2,1H3,(H,16,17,21). The van der Waals surface area contributed by atoms with Gasteiger partial charge in [-0.15, -0.1) is 0 Å². The van der Waals surface area contributed by atoms with E-state index in [4.69, 9.17) is 4.52 Å². The van der Waals surface area contributed by atoms with E-state index in [9.17, 15) is 13.2 Å². The highest BCUT2D eigenvalue weighted by Crippen LogP contribution is 2.30. The predicted molar refractivity (Wildman–Crippen MR) is 94.2 cm³/mol. The lowest BCUT2D eigenvalue weighted by Crippen LogP contribution is -2.43. The molecule has 0 spiro atoms. The van der Waals surface area contributed by atoms with Crippen molar-refractivity contribution in [3.63, 3.8) is 0 Å². The van der Waals surface area contributed by atoms with E-state index in [1.165, 1.54) is 10.4 Å². The highest BCUT2D eigenvalue weighted by molar-refractivity contribution is 7.89. The normalized spacial score (nSPS) is 18.4. The molecule has 1 aliphatic heterocycles. The number of carbonyl (C=O) groups is 1. The monoisotopic (exact) mass is 393 g/mol. The van der Waals surface area contributed by atoms with Crippen molar-refractivity contribution in [3.8, 4) is 0 Å². The summed E-state index contributed by atoms with van der Waals surface area (Å²) in [5.41, 5.74) is 0.852. The molecule has 1 atom stereocenters. The minimum absolute atomic E-state index is 0.0701. The fourth-order valence-electron chi connectivity index (χ4n) is 3.04. The minimum atomic E-state index is -3.88. The molecular formula is C15H15N5O4S2. The van der Waals surface area contributed by atoms with E-state index >= 15 is 0 Å². The molecule has 26 heavy (non-hydrogen) atoms. The summed E-state index contributed by atoms with van der Waals surface area (Å²) in [6.45, 7) is 1.98. The number of amides is 1. The first-order chi connectivity index (χ1) is 12.5. The van der Waals surface area contributed by atoms with Crippen LogP contribution in [-0.2, 0) is 14.8 Å². The Balaban J connectivity index is 1.65. The van der Waals surface area contributed by atoms with Crippen molar-refractivity contribution < 1.29 is 17.7 Å². The molecule has 0 aliphatic carbocycles. The molecule has 3 heterocycles. The van der Waals surface area contributed by atoms with Crippen LogP contribution in [0.2, 0.25) is 0 Å². The lowest BCUT2D eigenvalue weighted by atomic mass is 10.2. The van der Waals surface area contributed by atoms with E-state index in [2.05, 4.69) is 19.2 Å². The Morgan fingerprint density at radius 2 is 2.23 bits per heavy atom. The summed E-state index contributed by atoms with van der Waals surface area (Å²) in [5, 5.41) is 6.33. The molecule has 11 heteroatoms. The van der Waals surface area contributed by atoms with Crippen LogP contribution in [-0.4, -0.2) is 45.1 Å². The van der Waals surface area contributed by atoms with Gasteiger partial charge in [-0.25, -0.2) is 8.42 Å². The number of hydrogen-bond donors (Lipinski definition) is 1. The maximum Gasteiger partial charge on any atom is 0.246 e. The molecule has 9 nitrogen and oxygen atoms in total. The van der Waals surface area contributed by atoms with E-state index in [0.717, 1.165) is 11.7 Å². The molecule has 0 bridgehead atoms. The van der Waals surface area contributed by atoms with Gasteiger partial charge in [0, 0.05) is 12.6 Å². The predicted octanol–water partition coefficient (Wildman–Crippen LogP) is 1.78. The molecule has 1 aliphatic rings. The summed E-state index contributed by atoms with van der Waals surface area (Å²) in [4.78, 5) is 12.7. The smallest absolute Gasteiger partial charge is 0.246 e. The van der Waals surface area contributed by atoms with Crippen LogP contribution in [0.15, 0.2) is 33.7 Å². The van der Waals surface area contributed by atoms with Gasteiger partial charge in [-0.05, 0) is 31.9 Å². The Morgan fingerprint density at radius 1 is 1.38 bits per heavy atom. The molecule has 0 radical (unpaired) electrons. The highest BCUT2D eigenvalue weighted by Gasteiger charge is 2.40. The zero-order valence-corrected chi connectivity index (χ0v) is 15.4. The molecule has 136 valence electrons. The molecule has 3 aromatic rings. The first-order valence-corrected chi connectivity index (χ1v) is 10.1. The third-order valence-corrected chi connectivity index (χ3v) is 6.70. The van der Waals surface area contributed by atoms with Crippen molar-refractivity contribution in [1.29, 1.82) is 0 Å². The molecule has 0 saturated carbocycles. The molecule has 1 unspecified atom stereocenters. The zero-order valence-electron chi connectivity index (χ0n) is 13.7. The van der Waals surface area contributed by atoms with Crippen molar-refractivity contribution in [2.45, 2.75) is 30.7 Å². The molecule has 1 fully saturated rings. The van der Waals surface area contributed by atoms with Gasteiger partial charge in [-0.1, -0.05) is 11.2 Å². The molecule has 2 aromatic heterocycles. The number of fused-ring (bicyclic) bond motifs is 1. The number of hydrogen-bond acceptors (Lipinski definition) is 8. The van der Waals surface area contributed by atoms with E-state index in [-0.39, 0.29) is 17.3 Å². The summed E-state index contributed by atoms with van der Waals surface area (Å²) in [6.07, 6.45) is 1.04. The number of aryl methyl sites for hydroxylation is 1. The quantitative estimate of drug-likeness (QED) is 0.717. The summed E-state index contributed by atoms with van der Waals surface area (Å²) < 4.78 is 40.7. The molecule has 1 N–H and O–H groups in total. The maximum absolute atomic E-state index is 13.2. The van der Waals surface area contributed by atoms with Gasteiger partial charge in [0.15, 0.2) is 5.82 Å². The van der Waals surface area contributed by atoms with E-state index < -0.39 is 22.0 Å². The summed E-state index contributed by atoms with van der Waals surface area (Å²) in [7, 11) is -3.88. The van der Waals surface area contributed by atoms with Crippen molar-refractivity contribution in [1.82, 2.24) is 18.2 Å². The van der Waals surface area contributed by atoms with Gasteiger partial charge < -0.3 is 9.84 Å². The Labute approximate surface area is 153 Å². The van der Waals surface area contributed by atoms with E-state index in [0.29, 0.717) is 29.6 Å². The second-order valence-corrected chi connectivity index (χ2v) is 8.36. The number of rotatable bonds is 4. The molecule has 4 rings (SSSR count). The van der Waals surface area contributed by atoms with Gasteiger partial charge in [-0.2, -0.15) is 13.1 Å². The van der Waals surface area contributed by atoms with Crippen molar-refractivity contribution in [2.24, 2.45) is 0 Å². The summed E-state index contributed by atoms with van der Waals surface area (Å²) in [6, 6.07) is 5.60. The van der Waals surface area contributed by atoms with Crippen molar-refractivity contribution >= 4 is 44.5 Å². The summed E-state index contributed by atoms with van der Waals surface area (Å²) in [5.74, 6) is 0.393. The van der Waals surface area contributed by atoms with Crippen LogP contribution in [0, 0.1) is 6.92 Å². The van der Waals surface area contributed by atoms with Crippen LogP contribution in [0.25, 0.3) is 11.0 Å². The van der Waals surface area contributed by atoms with Gasteiger partial charge >= 0.3 is 0 Å². The van der Waals surface area contributed by atoms with Crippen LogP contribution >= 0.6 is 11.7 Å². The second kappa shape index (κ2) is 6.41. The topological polar surface area (TPSA) is 118 Å². The number of sulfonamides is 1. The highest BCUT2D eigenvalue weighted by atomic mass is 32.2. The first-order valence-electron chi connectivity index (χ1n) is 7.94. The fraction of sp³-hybridized carbons (Fsp3) is 0.333. The molecule has 1 aromatic carbocycles. The molecular weight excluding hydrogens is 378 g/mol. The van der Waals surface area contributed by atoms with E-state index in [1.54, 1.807) is 25.1 Å². The van der Waals surface area contributed by atoms with E-state index in [1.807, 2.05) is 0 Å². The van der Waals surface area contributed by atoms with Gasteiger partial charge in [0.25, 0.3) is 0 Å². The Hall–Kier alpha value is -2.37. The average Bonchev–Trinajstić information content (AvgIpc) is 3.34. The van der Waals surface area contributed by atoms with Crippen LogP contribution in [0.3, 0.4) is 0 Å². The number of nitrogens with zero attached hydrogens (tertiary/aromatic N) is 4. The van der Waals surface area contributed by atoms with Gasteiger partial charge in [0.05, 0.1) is 11.7 Å². The Kier molecular flexibility index (Phi) is 4.21. The first kappa shape index (κ1) is 17.1. The number of anilines is 1. The van der Waals surface area contributed by atoms with Crippen LogP contribution in [0.5, 0.6) is 0 Å².